The second kappa shape index (κ2) is 8.65. The second-order valence-corrected chi connectivity index (χ2v) is 11.6. The molecule has 0 N–H and O–H groups in total. The van der Waals surface area contributed by atoms with Crippen LogP contribution in [0.25, 0.3) is 0 Å². The molecule has 20 heavy (non-hydrogen) atoms. The Hall–Kier alpha value is 0.274. The largest absolute Gasteiger partial charge is 0.427 e. The highest BCUT2D eigenvalue weighted by Gasteiger charge is 2.46. The summed E-state index contributed by atoms with van der Waals surface area (Å²) in [5.41, 5.74) is 0. The molecule has 0 amide bonds. The fourth-order valence-corrected chi connectivity index (χ4v) is 6.86. The van der Waals surface area contributed by atoms with Gasteiger partial charge in [-0.05, 0) is 37.4 Å². The molecule has 2 radical (unpaired) electrons. The predicted octanol–water partition coefficient (Wildman–Crippen LogP) is 2.95. The van der Waals surface area contributed by atoms with E-state index in [2.05, 4.69) is 18.4 Å². The molecule has 4 nitrogen and oxygen atoms in total. The van der Waals surface area contributed by atoms with E-state index in [9.17, 15) is 0 Å². The average molecular weight is 318 g/mol. The van der Waals surface area contributed by atoms with Crippen molar-refractivity contribution in [1.29, 1.82) is 0 Å². The van der Waals surface area contributed by atoms with Crippen molar-refractivity contribution in [2.75, 3.05) is 34.4 Å². The van der Waals surface area contributed by atoms with Crippen LogP contribution in [0.3, 0.4) is 0 Å². The maximum Gasteiger partial charge on any atom is 0.427 e. The SMILES string of the molecule is CO[Si]C(C)(C)CCCCCN1CCC[Si]1(OC)OC. The van der Waals surface area contributed by atoms with Gasteiger partial charge in [-0.1, -0.05) is 26.7 Å². The summed E-state index contributed by atoms with van der Waals surface area (Å²) in [6, 6.07) is 1.11. The van der Waals surface area contributed by atoms with Crippen LogP contribution in [0.15, 0.2) is 0 Å². The third-order valence-electron chi connectivity index (χ3n) is 4.15. The lowest BCUT2D eigenvalue weighted by atomic mass is 10.0. The fourth-order valence-electron chi connectivity index (χ4n) is 3.02. The molecule has 118 valence electrons. The molecule has 0 atom stereocenters. The minimum absolute atomic E-state index is 0.333. The van der Waals surface area contributed by atoms with Crippen LogP contribution >= 0.6 is 0 Å². The number of rotatable bonds is 10. The third-order valence-corrected chi connectivity index (χ3v) is 8.83. The van der Waals surface area contributed by atoms with Gasteiger partial charge in [-0.3, -0.25) is 4.57 Å². The van der Waals surface area contributed by atoms with Crippen LogP contribution in [0, 0.1) is 0 Å². The van der Waals surface area contributed by atoms with Crippen molar-refractivity contribution in [3.63, 3.8) is 0 Å². The third kappa shape index (κ3) is 5.23. The molecular formula is C14H31NO3Si2. The van der Waals surface area contributed by atoms with Crippen LogP contribution in [0.4, 0.5) is 0 Å². The van der Waals surface area contributed by atoms with Gasteiger partial charge < -0.3 is 13.3 Å². The van der Waals surface area contributed by atoms with Crippen molar-refractivity contribution < 1.29 is 13.3 Å². The smallest absolute Gasteiger partial charge is 0.420 e. The van der Waals surface area contributed by atoms with Crippen LogP contribution in [-0.2, 0) is 13.3 Å². The van der Waals surface area contributed by atoms with Crippen molar-refractivity contribution in [3.05, 3.63) is 0 Å². The zero-order valence-electron chi connectivity index (χ0n) is 13.8. The number of hydrogen-bond donors (Lipinski definition) is 0. The zero-order chi connectivity index (χ0) is 15.1. The molecule has 0 aliphatic carbocycles. The van der Waals surface area contributed by atoms with E-state index in [1.54, 1.807) is 7.11 Å². The number of unbranched alkanes of at least 4 members (excludes halogenated alkanes) is 2. The van der Waals surface area contributed by atoms with E-state index < -0.39 is 8.72 Å². The molecule has 1 fully saturated rings. The highest BCUT2D eigenvalue weighted by molar-refractivity contribution is 6.65. The van der Waals surface area contributed by atoms with E-state index >= 15 is 0 Å². The Labute approximate surface area is 128 Å². The molecule has 1 aliphatic rings. The van der Waals surface area contributed by atoms with E-state index in [4.69, 9.17) is 13.3 Å². The molecule has 0 aromatic rings. The molecule has 1 saturated heterocycles. The Bertz CT molecular complexity index is 273. The summed E-state index contributed by atoms with van der Waals surface area (Å²) in [6.07, 6.45) is 6.28. The quantitative estimate of drug-likeness (QED) is 0.458. The maximum absolute atomic E-state index is 5.73. The lowest BCUT2D eigenvalue weighted by Gasteiger charge is -2.32. The molecule has 0 aromatic heterocycles. The van der Waals surface area contributed by atoms with Gasteiger partial charge in [0.05, 0.1) is 0 Å². The summed E-state index contributed by atoms with van der Waals surface area (Å²) in [5, 5.41) is 0.333. The summed E-state index contributed by atoms with van der Waals surface area (Å²) in [5.74, 6) is 0. The van der Waals surface area contributed by atoms with Gasteiger partial charge in [-0.2, -0.15) is 0 Å². The van der Waals surface area contributed by atoms with Gasteiger partial charge in [0.2, 0.25) is 9.76 Å². The molecular weight excluding hydrogens is 286 g/mol. The first-order valence-corrected chi connectivity index (χ1v) is 10.5. The van der Waals surface area contributed by atoms with E-state index in [0.717, 1.165) is 19.1 Å². The Morgan fingerprint density at radius 2 is 1.80 bits per heavy atom. The van der Waals surface area contributed by atoms with Gasteiger partial charge >= 0.3 is 8.72 Å². The average Bonchev–Trinajstić information content (AvgIpc) is 2.81. The second-order valence-electron chi connectivity index (χ2n) is 6.21. The first kappa shape index (κ1) is 18.3. The molecule has 1 aliphatic heterocycles. The summed E-state index contributed by atoms with van der Waals surface area (Å²) < 4.78 is 19.2. The van der Waals surface area contributed by atoms with Gasteiger partial charge in [0.15, 0.2) is 0 Å². The first-order valence-electron chi connectivity index (χ1n) is 7.65. The van der Waals surface area contributed by atoms with Gasteiger partial charge in [0, 0.05) is 27.4 Å². The van der Waals surface area contributed by atoms with Gasteiger partial charge in [0.1, 0.15) is 0 Å². The van der Waals surface area contributed by atoms with Gasteiger partial charge in [0.25, 0.3) is 0 Å². The van der Waals surface area contributed by atoms with E-state index in [1.807, 2.05) is 14.2 Å². The molecule has 0 aromatic carbocycles. The molecule has 1 rings (SSSR count). The van der Waals surface area contributed by atoms with Crippen LogP contribution in [0.5, 0.6) is 0 Å². The maximum atomic E-state index is 5.73. The normalized spacial score (nSPS) is 19.6. The highest BCUT2D eigenvalue weighted by atomic mass is 28.4. The summed E-state index contributed by atoms with van der Waals surface area (Å²) >= 11 is 0. The van der Waals surface area contributed by atoms with E-state index in [-0.39, 0.29) is 0 Å². The Morgan fingerprint density at radius 1 is 1.10 bits per heavy atom. The van der Waals surface area contributed by atoms with Crippen molar-refractivity contribution in [3.8, 4) is 0 Å². The Balaban J connectivity index is 2.21. The molecule has 0 saturated carbocycles. The van der Waals surface area contributed by atoms with Crippen LogP contribution in [0.1, 0.15) is 46.0 Å². The van der Waals surface area contributed by atoms with Crippen molar-refractivity contribution in [1.82, 2.24) is 4.57 Å². The van der Waals surface area contributed by atoms with Crippen LogP contribution in [0.2, 0.25) is 11.1 Å². The summed E-state index contributed by atoms with van der Waals surface area (Å²) in [7, 11) is 4.02. The Kier molecular flexibility index (Phi) is 7.93. The summed E-state index contributed by atoms with van der Waals surface area (Å²) in [4.78, 5) is 0. The van der Waals surface area contributed by atoms with Crippen molar-refractivity contribution >= 4 is 18.5 Å². The standard InChI is InChI=1S/C14H31NO3Si2/c1-14(2,19-16-3)10-7-6-8-11-15-12-9-13-20(15,17-4)18-5/h6-13H2,1-5H3. The predicted molar refractivity (Wildman–Crippen MR) is 86.0 cm³/mol. The molecule has 0 unspecified atom stereocenters. The van der Waals surface area contributed by atoms with Gasteiger partial charge in [-0.25, -0.2) is 0 Å². The Morgan fingerprint density at radius 3 is 2.40 bits per heavy atom. The molecule has 0 spiro atoms. The topological polar surface area (TPSA) is 30.9 Å². The fraction of sp³-hybridized carbons (Fsp3) is 1.00. The number of hydrogen-bond acceptors (Lipinski definition) is 4. The lowest BCUT2D eigenvalue weighted by molar-refractivity contribution is 0.181. The van der Waals surface area contributed by atoms with Gasteiger partial charge in [-0.15, -0.1) is 0 Å². The zero-order valence-corrected chi connectivity index (χ0v) is 15.8. The van der Waals surface area contributed by atoms with Crippen molar-refractivity contribution in [2.24, 2.45) is 0 Å². The number of nitrogens with zero attached hydrogens (tertiary/aromatic N) is 1. The minimum Gasteiger partial charge on any atom is -0.420 e. The van der Waals surface area contributed by atoms with Crippen molar-refractivity contribution in [2.45, 2.75) is 57.0 Å². The lowest BCUT2D eigenvalue weighted by Crippen LogP contribution is -2.53. The first-order chi connectivity index (χ1) is 9.49. The molecule has 1 heterocycles. The highest BCUT2D eigenvalue weighted by Crippen LogP contribution is 2.31. The van der Waals surface area contributed by atoms with Crippen LogP contribution in [-0.4, -0.2) is 57.5 Å². The van der Waals surface area contributed by atoms with E-state index in [1.165, 1.54) is 32.1 Å². The molecule has 0 bridgehead atoms. The molecule has 6 heteroatoms. The minimum atomic E-state index is -2.00. The summed E-state index contributed by atoms with van der Waals surface area (Å²) in [6.45, 7) is 6.86. The monoisotopic (exact) mass is 317 g/mol. The van der Waals surface area contributed by atoms with Crippen LogP contribution < -0.4 is 0 Å². The van der Waals surface area contributed by atoms with E-state index in [0.29, 0.717) is 14.8 Å².